The van der Waals surface area contributed by atoms with Crippen molar-refractivity contribution in [1.82, 2.24) is 14.9 Å². The number of hydrogen-bond acceptors (Lipinski definition) is 4. The van der Waals surface area contributed by atoms with E-state index in [1.807, 2.05) is 48.5 Å². The highest BCUT2D eigenvalue weighted by atomic mass is 79.9. The number of amides is 1. The monoisotopic (exact) mass is 446 g/mol. The highest BCUT2D eigenvalue weighted by Gasteiger charge is 2.32. The number of rotatable bonds is 2. The summed E-state index contributed by atoms with van der Waals surface area (Å²) in [4.78, 5) is 23.9. The second-order valence-electron chi connectivity index (χ2n) is 6.33. The Balaban J connectivity index is 1.85. The molecule has 8 heteroatoms. The third-order valence-corrected chi connectivity index (χ3v) is 5.38. The van der Waals surface area contributed by atoms with Crippen LogP contribution >= 0.6 is 27.5 Å². The molecule has 0 aliphatic carbocycles. The van der Waals surface area contributed by atoms with Crippen LogP contribution in [-0.2, 0) is 0 Å². The number of benzene rings is 2. The van der Waals surface area contributed by atoms with Crippen molar-refractivity contribution in [2.24, 2.45) is 0 Å². The zero-order valence-corrected chi connectivity index (χ0v) is 16.6. The minimum absolute atomic E-state index is 0.163. The van der Waals surface area contributed by atoms with E-state index in [0.29, 0.717) is 25.5 Å². The molecule has 1 atom stereocenters. The van der Waals surface area contributed by atoms with Crippen LogP contribution in [0.5, 0.6) is 0 Å². The first kappa shape index (κ1) is 18.0. The second kappa shape index (κ2) is 7.32. The van der Waals surface area contributed by atoms with Crippen LogP contribution in [0.25, 0.3) is 10.9 Å². The van der Waals surface area contributed by atoms with Crippen LogP contribution in [0.15, 0.2) is 53.0 Å². The lowest BCUT2D eigenvalue weighted by molar-refractivity contribution is 0.134. The summed E-state index contributed by atoms with van der Waals surface area (Å²) in [5.41, 5.74) is 1.78. The van der Waals surface area contributed by atoms with Crippen LogP contribution in [-0.4, -0.2) is 45.7 Å². The van der Waals surface area contributed by atoms with Gasteiger partial charge in [-0.15, -0.1) is 0 Å². The second-order valence-corrected chi connectivity index (χ2v) is 7.58. The minimum atomic E-state index is -0.913. The Labute approximate surface area is 169 Å². The summed E-state index contributed by atoms with van der Waals surface area (Å²) < 4.78 is 0.919. The summed E-state index contributed by atoms with van der Waals surface area (Å²) >= 11 is 9.70. The van der Waals surface area contributed by atoms with Gasteiger partial charge >= 0.3 is 6.09 Å². The first-order valence-electron chi connectivity index (χ1n) is 8.45. The van der Waals surface area contributed by atoms with Crippen molar-refractivity contribution in [3.8, 4) is 0 Å². The van der Waals surface area contributed by atoms with Gasteiger partial charge in [0.25, 0.3) is 0 Å². The third-order valence-electron chi connectivity index (χ3n) is 4.72. The van der Waals surface area contributed by atoms with Crippen molar-refractivity contribution in [2.45, 2.75) is 6.04 Å². The third kappa shape index (κ3) is 3.57. The number of nitrogens with zero attached hydrogens (tertiary/aromatic N) is 4. The summed E-state index contributed by atoms with van der Waals surface area (Å²) in [6, 6.07) is 15.5. The summed E-state index contributed by atoms with van der Waals surface area (Å²) in [5.74, 6) is 0.713. The lowest BCUT2D eigenvalue weighted by Gasteiger charge is -2.41. The molecular formula is C19H16BrClN4O2. The fourth-order valence-corrected chi connectivity index (χ4v) is 3.98. The Bertz CT molecular complexity index is 1000. The molecule has 0 spiro atoms. The molecule has 1 fully saturated rings. The van der Waals surface area contributed by atoms with E-state index in [9.17, 15) is 9.90 Å². The molecule has 3 aromatic rings. The Morgan fingerprint density at radius 3 is 2.67 bits per heavy atom. The van der Waals surface area contributed by atoms with Crippen molar-refractivity contribution in [3.63, 3.8) is 0 Å². The molecule has 27 heavy (non-hydrogen) atoms. The summed E-state index contributed by atoms with van der Waals surface area (Å²) in [7, 11) is 0. The van der Waals surface area contributed by atoms with E-state index in [-0.39, 0.29) is 11.3 Å². The predicted molar refractivity (Wildman–Crippen MR) is 108 cm³/mol. The van der Waals surface area contributed by atoms with Gasteiger partial charge in [-0.05, 0) is 35.4 Å². The topological polar surface area (TPSA) is 69.6 Å². The van der Waals surface area contributed by atoms with Crippen molar-refractivity contribution >= 4 is 50.3 Å². The van der Waals surface area contributed by atoms with Gasteiger partial charge in [0.05, 0.1) is 11.6 Å². The number of halogens is 2. The van der Waals surface area contributed by atoms with Crippen LogP contribution in [0.3, 0.4) is 0 Å². The fourth-order valence-electron chi connectivity index (χ4n) is 3.45. The Kier molecular flexibility index (Phi) is 4.88. The average Bonchev–Trinajstić information content (AvgIpc) is 2.68. The molecule has 0 bridgehead atoms. The quantitative estimate of drug-likeness (QED) is 0.582. The van der Waals surface area contributed by atoms with E-state index in [1.54, 1.807) is 0 Å². The van der Waals surface area contributed by atoms with Gasteiger partial charge in [0.15, 0.2) is 0 Å². The van der Waals surface area contributed by atoms with E-state index in [1.165, 1.54) is 4.90 Å². The molecule has 2 heterocycles. The molecule has 0 unspecified atom stereocenters. The van der Waals surface area contributed by atoms with Gasteiger partial charge in [-0.1, -0.05) is 46.3 Å². The molecule has 138 valence electrons. The molecule has 1 amide bonds. The van der Waals surface area contributed by atoms with E-state index in [4.69, 9.17) is 11.6 Å². The van der Waals surface area contributed by atoms with Crippen LogP contribution in [0.1, 0.15) is 11.6 Å². The SMILES string of the molecule is O=C(O)N1CCN(c2nc(Cl)nc3ccc(Br)cc23)[C@@H](c2ccccc2)C1. The molecule has 6 nitrogen and oxygen atoms in total. The van der Waals surface area contributed by atoms with Gasteiger partial charge in [0.2, 0.25) is 5.28 Å². The number of carbonyl (C=O) groups is 1. The Morgan fingerprint density at radius 1 is 1.15 bits per heavy atom. The van der Waals surface area contributed by atoms with Crippen LogP contribution < -0.4 is 4.90 Å². The molecule has 0 radical (unpaired) electrons. The molecule has 1 saturated heterocycles. The lowest BCUT2D eigenvalue weighted by atomic mass is 10.0. The fraction of sp³-hybridized carbons (Fsp3) is 0.211. The number of carboxylic acid groups (broad SMARTS) is 1. The van der Waals surface area contributed by atoms with E-state index >= 15 is 0 Å². The van der Waals surface area contributed by atoms with Gasteiger partial charge in [-0.25, -0.2) is 9.78 Å². The zero-order chi connectivity index (χ0) is 19.0. The summed E-state index contributed by atoms with van der Waals surface area (Å²) in [5, 5.41) is 10.5. The first-order valence-corrected chi connectivity index (χ1v) is 9.62. The van der Waals surface area contributed by atoms with Gasteiger partial charge in [-0.3, -0.25) is 0 Å². The predicted octanol–water partition coefficient (Wildman–Crippen LogP) is 4.59. The Morgan fingerprint density at radius 2 is 1.93 bits per heavy atom. The average molecular weight is 448 g/mol. The minimum Gasteiger partial charge on any atom is -0.465 e. The molecule has 1 aromatic heterocycles. The molecule has 2 aromatic carbocycles. The highest BCUT2D eigenvalue weighted by molar-refractivity contribution is 9.10. The van der Waals surface area contributed by atoms with E-state index in [2.05, 4.69) is 30.8 Å². The molecule has 1 aliphatic heterocycles. The number of anilines is 1. The van der Waals surface area contributed by atoms with E-state index < -0.39 is 6.09 Å². The molecular weight excluding hydrogens is 432 g/mol. The zero-order valence-electron chi connectivity index (χ0n) is 14.2. The molecule has 4 rings (SSSR count). The first-order chi connectivity index (χ1) is 13.0. The van der Waals surface area contributed by atoms with Crippen molar-refractivity contribution in [2.75, 3.05) is 24.5 Å². The van der Waals surface area contributed by atoms with Crippen molar-refractivity contribution in [1.29, 1.82) is 0 Å². The van der Waals surface area contributed by atoms with Gasteiger partial charge < -0.3 is 14.9 Å². The van der Waals surface area contributed by atoms with Crippen LogP contribution in [0.2, 0.25) is 5.28 Å². The van der Waals surface area contributed by atoms with Crippen molar-refractivity contribution in [3.05, 3.63) is 63.9 Å². The number of piperazine rings is 1. The Hall–Kier alpha value is -2.38. The smallest absolute Gasteiger partial charge is 0.407 e. The number of fused-ring (bicyclic) bond motifs is 1. The van der Waals surface area contributed by atoms with Crippen molar-refractivity contribution < 1.29 is 9.90 Å². The normalized spacial score (nSPS) is 17.3. The maximum atomic E-state index is 11.5. The van der Waals surface area contributed by atoms with E-state index in [0.717, 1.165) is 20.9 Å². The van der Waals surface area contributed by atoms with Gasteiger partial charge in [0, 0.05) is 29.5 Å². The summed E-state index contributed by atoms with van der Waals surface area (Å²) in [6.45, 7) is 1.27. The molecule has 0 saturated carbocycles. The van der Waals surface area contributed by atoms with Crippen LogP contribution in [0, 0.1) is 0 Å². The molecule has 1 aliphatic rings. The highest BCUT2D eigenvalue weighted by Crippen LogP contribution is 2.35. The maximum absolute atomic E-state index is 11.5. The van der Waals surface area contributed by atoms with Gasteiger partial charge in [0.1, 0.15) is 5.82 Å². The van der Waals surface area contributed by atoms with Crippen LogP contribution in [0.4, 0.5) is 10.6 Å². The maximum Gasteiger partial charge on any atom is 0.407 e. The number of aromatic nitrogens is 2. The number of hydrogen-bond donors (Lipinski definition) is 1. The van der Waals surface area contributed by atoms with Gasteiger partial charge in [-0.2, -0.15) is 4.98 Å². The lowest BCUT2D eigenvalue weighted by Crippen LogP contribution is -2.50. The summed E-state index contributed by atoms with van der Waals surface area (Å²) in [6.07, 6.45) is -0.913. The largest absolute Gasteiger partial charge is 0.465 e. The molecule has 1 N–H and O–H groups in total. The standard InChI is InChI=1S/C19H16BrClN4O2/c20-13-6-7-15-14(10-13)17(23-18(21)22-15)25-9-8-24(19(26)27)11-16(25)12-4-2-1-3-5-12/h1-7,10,16H,8-9,11H2,(H,26,27)/t16-/m1/s1.